The third-order valence-electron chi connectivity index (χ3n) is 4.06. The number of aromatic amines is 1. The Bertz CT molecular complexity index is 737. The molecule has 1 fully saturated rings. The molecule has 1 amide bonds. The molecule has 7 nitrogen and oxygen atoms in total. The van der Waals surface area contributed by atoms with Gasteiger partial charge < -0.3 is 14.6 Å². The lowest BCUT2D eigenvalue weighted by Gasteiger charge is -2.32. The van der Waals surface area contributed by atoms with Crippen molar-refractivity contribution in [2.45, 2.75) is 32.3 Å². The average molecular weight is 328 g/mol. The van der Waals surface area contributed by atoms with E-state index in [2.05, 4.69) is 15.0 Å². The smallest absolute Gasteiger partial charge is 0.316 e. The van der Waals surface area contributed by atoms with E-state index in [1.165, 1.54) is 18.3 Å². The summed E-state index contributed by atoms with van der Waals surface area (Å²) in [6.45, 7) is 3.20. The second kappa shape index (κ2) is 7.25. The summed E-state index contributed by atoms with van der Waals surface area (Å²) < 4.78 is 5.82. The van der Waals surface area contributed by atoms with Crippen molar-refractivity contribution in [1.29, 1.82) is 0 Å². The van der Waals surface area contributed by atoms with Crippen LogP contribution in [0.1, 0.15) is 35.7 Å². The van der Waals surface area contributed by atoms with Gasteiger partial charge in [0.05, 0.1) is 12.1 Å². The molecular weight excluding hydrogens is 308 g/mol. The van der Waals surface area contributed by atoms with Crippen LogP contribution in [0.3, 0.4) is 0 Å². The van der Waals surface area contributed by atoms with Crippen LogP contribution in [0.2, 0.25) is 0 Å². The minimum atomic E-state index is -0.223. The number of hydrogen-bond donors (Lipinski definition) is 1. The number of nitrogens with one attached hydrogen (secondary N) is 1. The maximum Gasteiger partial charge on any atom is 0.316 e. The summed E-state index contributed by atoms with van der Waals surface area (Å²) in [4.78, 5) is 36.3. The number of nitrogens with zero attached hydrogens (tertiary/aromatic N) is 3. The van der Waals surface area contributed by atoms with Gasteiger partial charge in [0, 0.05) is 31.2 Å². The predicted molar refractivity (Wildman–Crippen MR) is 88.0 cm³/mol. The molecule has 3 rings (SSSR count). The molecule has 126 valence electrons. The maximum absolute atomic E-state index is 12.5. The van der Waals surface area contributed by atoms with Crippen LogP contribution < -0.4 is 10.3 Å². The molecule has 1 aliphatic rings. The summed E-state index contributed by atoms with van der Waals surface area (Å²) in [6.07, 6.45) is 7.43. The van der Waals surface area contributed by atoms with Crippen molar-refractivity contribution in [2.75, 3.05) is 13.1 Å². The van der Waals surface area contributed by atoms with Crippen LogP contribution in [0.15, 0.2) is 35.5 Å². The van der Waals surface area contributed by atoms with Gasteiger partial charge in [-0.2, -0.15) is 0 Å². The second-order valence-electron chi connectivity index (χ2n) is 5.80. The number of rotatable bonds is 4. The van der Waals surface area contributed by atoms with Gasteiger partial charge in [0.25, 0.3) is 5.91 Å². The summed E-state index contributed by atoms with van der Waals surface area (Å²) >= 11 is 0. The Labute approximate surface area is 139 Å². The summed E-state index contributed by atoms with van der Waals surface area (Å²) in [5.74, 6) is -0.109. The molecule has 3 heterocycles. The number of piperidine rings is 1. The van der Waals surface area contributed by atoms with Gasteiger partial charge in [-0.3, -0.25) is 9.59 Å². The van der Waals surface area contributed by atoms with E-state index in [0.29, 0.717) is 24.7 Å². The van der Waals surface area contributed by atoms with Gasteiger partial charge in [-0.25, -0.2) is 9.97 Å². The average Bonchev–Trinajstić information content (AvgIpc) is 2.63. The molecule has 0 aliphatic carbocycles. The molecule has 1 aliphatic heterocycles. The Hall–Kier alpha value is -2.70. The van der Waals surface area contributed by atoms with E-state index in [-0.39, 0.29) is 17.6 Å². The molecular formula is C17H20N4O3. The van der Waals surface area contributed by atoms with E-state index in [9.17, 15) is 9.59 Å². The van der Waals surface area contributed by atoms with Gasteiger partial charge in [-0.1, -0.05) is 6.92 Å². The summed E-state index contributed by atoms with van der Waals surface area (Å²) in [5.41, 5.74) is 1.30. The summed E-state index contributed by atoms with van der Waals surface area (Å²) in [7, 11) is 0. The van der Waals surface area contributed by atoms with Gasteiger partial charge in [0.2, 0.25) is 5.56 Å². The molecule has 1 atom stereocenters. The van der Waals surface area contributed by atoms with Crippen LogP contribution in [0.5, 0.6) is 6.01 Å². The van der Waals surface area contributed by atoms with Crippen molar-refractivity contribution >= 4 is 5.91 Å². The first kappa shape index (κ1) is 16.2. The number of carbonyl (C=O) groups excluding carboxylic acids is 1. The number of H-pyrrole nitrogens is 1. The Morgan fingerprint density at radius 2 is 2.17 bits per heavy atom. The molecule has 1 N–H and O–H groups in total. The third kappa shape index (κ3) is 3.79. The molecule has 0 saturated carbocycles. The van der Waals surface area contributed by atoms with Crippen molar-refractivity contribution in [3.8, 4) is 6.01 Å². The topological polar surface area (TPSA) is 88.2 Å². The predicted octanol–water partition coefficient (Wildman–Crippen LogP) is 1.41. The molecule has 1 saturated heterocycles. The van der Waals surface area contributed by atoms with Crippen LogP contribution in [-0.4, -0.2) is 45.0 Å². The third-order valence-corrected chi connectivity index (χ3v) is 4.06. The quantitative estimate of drug-likeness (QED) is 0.917. The fraction of sp³-hybridized carbons (Fsp3) is 0.412. The number of carbonyl (C=O) groups is 1. The fourth-order valence-electron chi connectivity index (χ4n) is 2.68. The van der Waals surface area contributed by atoms with Crippen molar-refractivity contribution in [3.05, 3.63) is 52.2 Å². The lowest BCUT2D eigenvalue weighted by atomic mass is 10.1. The van der Waals surface area contributed by atoms with Crippen molar-refractivity contribution < 1.29 is 9.53 Å². The minimum Gasteiger partial charge on any atom is -0.458 e. The van der Waals surface area contributed by atoms with E-state index in [0.717, 1.165) is 24.8 Å². The molecule has 2 aromatic rings. The van der Waals surface area contributed by atoms with E-state index in [4.69, 9.17) is 4.74 Å². The van der Waals surface area contributed by atoms with Gasteiger partial charge in [-0.15, -0.1) is 0 Å². The van der Waals surface area contributed by atoms with E-state index < -0.39 is 0 Å². The number of aryl methyl sites for hydroxylation is 1. The number of likely N-dealkylation sites (tertiary alicyclic amines) is 1. The molecule has 7 heteroatoms. The Morgan fingerprint density at radius 1 is 1.38 bits per heavy atom. The van der Waals surface area contributed by atoms with Crippen LogP contribution in [-0.2, 0) is 6.42 Å². The molecule has 0 bridgehead atoms. The molecule has 2 aromatic heterocycles. The van der Waals surface area contributed by atoms with Gasteiger partial charge in [0.1, 0.15) is 6.10 Å². The minimum absolute atomic E-state index is 0.109. The summed E-state index contributed by atoms with van der Waals surface area (Å²) in [5, 5.41) is 0. The second-order valence-corrected chi connectivity index (χ2v) is 5.80. The zero-order chi connectivity index (χ0) is 16.9. The number of pyridine rings is 1. The van der Waals surface area contributed by atoms with Crippen LogP contribution in [0.25, 0.3) is 0 Å². The normalized spacial score (nSPS) is 17.5. The zero-order valence-corrected chi connectivity index (χ0v) is 13.6. The Balaban J connectivity index is 1.64. The highest BCUT2D eigenvalue weighted by Crippen LogP contribution is 2.17. The summed E-state index contributed by atoms with van der Waals surface area (Å²) in [6, 6.07) is 3.24. The highest BCUT2D eigenvalue weighted by Gasteiger charge is 2.26. The first-order chi connectivity index (χ1) is 11.7. The SMILES string of the molecule is CCc1cnc(OC2CCCN(C(=O)c3ccc(=O)[nH]c3)C2)nc1. The highest BCUT2D eigenvalue weighted by molar-refractivity contribution is 5.93. The van der Waals surface area contributed by atoms with Crippen molar-refractivity contribution in [3.63, 3.8) is 0 Å². The van der Waals surface area contributed by atoms with Gasteiger partial charge >= 0.3 is 6.01 Å². The molecule has 0 radical (unpaired) electrons. The molecule has 1 unspecified atom stereocenters. The first-order valence-corrected chi connectivity index (χ1v) is 8.11. The number of amides is 1. The maximum atomic E-state index is 12.5. The Morgan fingerprint density at radius 3 is 2.83 bits per heavy atom. The van der Waals surface area contributed by atoms with E-state index in [1.807, 2.05) is 6.92 Å². The molecule has 0 aromatic carbocycles. The van der Waals surface area contributed by atoms with Crippen molar-refractivity contribution in [1.82, 2.24) is 19.9 Å². The number of aromatic nitrogens is 3. The van der Waals surface area contributed by atoms with Gasteiger partial charge in [0.15, 0.2) is 0 Å². The van der Waals surface area contributed by atoms with Crippen molar-refractivity contribution in [2.24, 2.45) is 0 Å². The zero-order valence-electron chi connectivity index (χ0n) is 13.6. The van der Waals surface area contributed by atoms with E-state index >= 15 is 0 Å². The highest BCUT2D eigenvalue weighted by atomic mass is 16.5. The van der Waals surface area contributed by atoms with Gasteiger partial charge in [-0.05, 0) is 30.9 Å². The monoisotopic (exact) mass is 328 g/mol. The standard InChI is InChI=1S/C17H20N4O3/c1-2-12-8-19-17(20-9-12)24-14-4-3-7-21(11-14)16(23)13-5-6-15(22)18-10-13/h5-6,8-10,14H,2-4,7,11H2,1H3,(H,18,22). The lowest BCUT2D eigenvalue weighted by molar-refractivity contribution is 0.0515. The first-order valence-electron chi connectivity index (χ1n) is 8.11. The fourth-order valence-corrected chi connectivity index (χ4v) is 2.68. The largest absolute Gasteiger partial charge is 0.458 e. The molecule has 0 spiro atoms. The number of ether oxygens (including phenoxy) is 1. The molecule has 24 heavy (non-hydrogen) atoms. The van der Waals surface area contributed by atoms with Crippen LogP contribution >= 0.6 is 0 Å². The van der Waals surface area contributed by atoms with Crippen LogP contribution in [0, 0.1) is 0 Å². The Kier molecular flexibility index (Phi) is 4.88. The lowest BCUT2D eigenvalue weighted by Crippen LogP contribution is -2.44. The van der Waals surface area contributed by atoms with E-state index in [1.54, 1.807) is 17.3 Å². The number of hydrogen-bond acceptors (Lipinski definition) is 5. The van der Waals surface area contributed by atoms with Crippen LogP contribution in [0.4, 0.5) is 0 Å².